The molecule has 0 aliphatic carbocycles. The van der Waals surface area contributed by atoms with Gasteiger partial charge < -0.3 is 10.2 Å². The molecule has 3 rings (SSSR count). The Labute approximate surface area is 130 Å². The summed E-state index contributed by atoms with van der Waals surface area (Å²) < 4.78 is 6.39. The van der Waals surface area contributed by atoms with Crippen LogP contribution in [0.5, 0.6) is 0 Å². The fourth-order valence-electron chi connectivity index (χ4n) is 2.60. The lowest BCUT2D eigenvalue weighted by Gasteiger charge is -2.12. The van der Waals surface area contributed by atoms with Crippen molar-refractivity contribution in [2.24, 2.45) is 0 Å². The highest BCUT2D eigenvalue weighted by atomic mass is 79.9. The van der Waals surface area contributed by atoms with Gasteiger partial charge in [0.15, 0.2) is 0 Å². The summed E-state index contributed by atoms with van der Waals surface area (Å²) in [6.45, 7) is 3.99. The number of hydrogen-bond acceptors (Lipinski definition) is 3. The Morgan fingerprint density at radius 2 is 1.90 bits per heavy atom. The molecule has 0 saturated heterocycles. The number of rotatable bonds is 1. The smallest absolute Gasteiger partial charge is 0.336 e. The average molecular weight is 344 g/mol. The Hall–Kier alpha value is -2.07. The van der Waals surface area contributed by atoms with E-state index in [0.29, 0.717) is 11.3 Å². The van der Waals surface area contributed by atoms with E-state index in [4.69, 9.17) is 10.2 Å². The van der Waals surface area contributed by atoms with Gasteiger partial charge in [-0.15, -0.1) is 0 Å². The Kier molecular flexibility index (Phi) is 3.33. The van der Waals surface area contributed by atoms with Crippen LogP contribution >= 0.6 is 15.9 Å². The van der Waals surface area contributed by atoms with Crippen LogP contribution in [-0.2, 0) is 0 Å². The van der Waals surface area contributed by atoms with Gasteiger partial charge in [-0.3, -0.25) is 0 Å². The Morgan fingerprint density at radius 3 is 2.62 bits per heavy atom. The van der Waals surface area contributed by atoms with Crippen molar-refractivity contribution < 1.29 is 4.42 Å². The van der Waals surface area contributed by atoms with Crippen LogP contribution in [0.15, 0.2) is 50.1 Å². The number of anilines is 1. The largest absolute Gasteiger partial charge is 0.423 e. The zero-order valence-corrected chi connectivity index (χ0v) is 13.3. The number of aryl methyl sites for hydroxylation is 2. The van der Waals surface area contributed by atoms with Crippen molar-refractivity contribution in [3.05, 3.63) is 62.4 Å². The molecular formula is C17H14BrNO2. The van der Waals surface area contributed by atoms with Gasteiger partial charge in [0.25, 0.3) is 0 Å². The maximum Gasteiger partial charge on any atom is 0.336 e. The van der Waals surface area contributed by atoms with Crippen LogP contribution in [0.25, 0.3) is 22.1 Å². The summed E-state index contributed by atoms with van der Waals surface area (Å²) in [4.78, 5) is 11.9. The Bertz CT molecular complexity index is 913. The van der Waals surface area contributed by atoms with E-state index in [2.05, 4.69) is 15.9 Å². The third-order valence-electron chi connectivity index (χ3n) is 3.58. The summed E-state index contributed by atoms with van der Waals surface area (Å²) in [5.74, 6) is 0. The zero-order valence-electron chi connectivity index (χ0n) is 11.7. The summed E-state index contributed by atoms with van der Waals surface area (Å²) in [6, 6.07) is 10.9. The molecule has 2 N–H and O–H groups in total. The van der Waals surface area contributed by atoms with Crippen LogP contribution in [0.2, 0.25) is 0 Å². The van der Waals surface area contributed by atoms with Gasteiger partial charge in [0.2, 0.25) is 0 Å². The topological polar surface area (TPSA) is 56.2 Å². The van der Waals surface area contributed by atoms with E-state index < -0.39 is 0 Å². The fraction of sp³-hybridized carbons (Fsp3) is 0.118. The standard InChI is InChI=1S/C17H14BrNO2/c1-9-6-14-16(10(2)17(9)18)13(8-15(20)21-14)11-4-3-5-12(19)7-11/h3-8H,19H2,1-2H3. The van der Waals surface area contributed by atoms with E-state index in [1.807, 2.05) is 44.2 Å². The van der Waals surface area contributed by atoms with Crippen molar-refractivity contribution in [3.8, 4) is 11.1 Å². The lowest BCUT2D eigenvalue weighted by Crippen LogP contribution is -2.00. The summed E-state index contributed by atoms with van der Waals surface area (Å²) in [7, 11) is 0. The van der Waals surface area contributed by atoms with Crippen LogP contribution in [0.3, 0.4) is 0 Å². The summed E-state index contributed by atoms with van der Waals surface area (Å²) >= 11 is 3.60. The number of nitrogens with two attached hydrogens (primary N) is 1. The number of fused-ring (bicyclic) bond motifs is 1. The second-order valence-corrected chi connectivity index (χ2v) is 5.90. The molecule has 106 valence electrons. The number of nitrogen functional groups attached to an aromatic ring is 1. The summed E-state index contributed by atoms with van der Waals surface area (Å²) in [6.07, 6.45) is 0. The van der Waals surface area contributed by atoms with Gasteiger partial charge in [-0.25, -0.2) is 4.79 Å². The van der Waals surface area contributed by atoms with Gasteiger partial charge in [0.1, 0.15) is 5.58 Å². The monoisotopic (exact) mass is 343 g/mol. The minimum absolute atomic E-state index is 0.360. The van der Waals surface area contributed by atoms with Crippen LogP contribution in [0, 0.1) is 13.8 Å². The van der Waals surface area contributed by atoms with Crippen molar-refractivity contribution in [2.75, 3.05) is 5.73 Å². The van der Waals surface area contributed by atoms with Crippen molar-refractivity contribution in [1.29, 1.82) is 0 Å². The SMILES string of the molecule is Cc1cc2oc(=O)cc(-c3cccc(N)c3)c2c(C)c1Br. The predicted molar refractivity (Wildman–Crippen MR) is 89.5 cm³/mol. The zero-order chi connectivity index (χ0) is 15.1. The molecule has 0 saturated carbocycles. The molecule has 3 nitrogen and oxygen atoms in total. The van der Waals surface area contributed by atoms with Crippen LogP contribution in [0.1, 0.15) is 11.1 Å². The van der Waals surface area contributed by atoms with Gasteiger partial charge in [0, 0.05) is 27.2 Å². The molecule has 2 aromatic carbocycles. The predicted octanol–water partition coefficient (Wildman–Crippen LogP) is 4.42. The van der Waals surface area contributed by atoms with E-state index in [9.17, 15) is 4.79 Å². The van der Waals surface area contributed by atoms with E-state index in [0.717, 1.165) is 32.1 Å². The third kappa shape index (κ3) is 2.36. The highest BCUT2D eigenvalue weighted by Gasteiger charge is 2.14. The number of hydrogen-bond donors (Lipinski definition) is 1. The van der Waals surface area contributed by atoms with E-state index in [1.165, 1.54) is 6.07 Å². The minimum Gasteiger partial charge on any atom is -0.423 e. The number of halogens is 1. The first-order valence-electron chi connectivity index (χ1n) is 6.57. The Morgan fingerprint density at radius 1 is 1.14 bits per heavy atom. The third-order valence-corrected chi connectivity index (χ3v) is 4.80. The average Bonchev–Trinajstić information content (AvgIpc) is 2.44. The second kappa shape index (κ2) is 5.04. The normalized spacial score (nSPS) is 11.0. The van der Waals surface area contributed by atoms with Crippen molar-refractivity contribution in [3.63, 3.8) is 0 Å². The molecule has 0 spiro atoms. The molecule has 3 aromatic rings. The molecular weight excluding hydrogens is 330 g/mol. The van der Waals surface area contributed by atoms with E-state index in [1.54, 1.807) is 0 Å². The molecule has 0 aliphatic heterocycles. The van der Waals surface area contributed by atoms with Gasteiger partial charge in [0.05, 0.1) is 0 Å². The fourth-order valence-corrected chi connectivity index (χ4v) is 2.91. The highest BCUT2D eigenvalue weighted by Crippen LogP contribution is 2.35. The molecule has 0 fully saturated rings. The van der Waals surface area contributed by atoms with Crippen LogP contribution in [0.4, 0.5) is 5.69 Å². The molecule has 21 heavy (non-hydrogen) atoms. The van der Waals surface area contributed by atoms with Crippen LogP contribution < -0.4 is 11.4 Å². The Balaban J connectivity index is 2.47. The lowest BCUT2D eigenvalue weighted by atomic mass is 9.97. The van der Waals surface area contributed by atoms with Crippen molar-refractivity contribution in [1.82, 2.24) is 0 Å². The molecule has 1 aromatic heterocycles. The molecule has 0 radical (unpaired) electrons. The molecule has 0 unspecified atom stereocenters. The summed E-state index contributed by atoms with van der Waals surface area (Å²) in [5.41, 5.74) is 10.6. The summed E-state index contributed by atoms with van der Waals surface area (Å²) in [5, 5.41) is 0.928. The molecule has 0 atom stereocenters. The van der Waals surface area contributed by atoms with Gasteiger partial charge >= 0.3 is 5.63 Å². The first-order valence-corrected chi connectivity index (χ1v) is 7.36. The van der Waals surface area contributed by atoms with Gasteiger partial charge in [-0.2, -0.15) is 0 Å². The molecule has 0 aliphatic rings. The maximum atomic E-state index is 11.9. The highest BCUT2D eigenvalue weighted by molar-refractivity contribution is 9.10. The molecule has 1 heterocycles. The minimum atomic E-state index is -0.360. The first-order chi connectivity index (χ1) is 9.97. The number of benzene rings is 2. The van der Waals surface area contributed by atoms with E-state index in [-0.39, 0.29) is 5.63 Å². The maximum absolute atomic E-state index is 11.9. The molecule has 4 heteroatoms. The van der Waals surface area contributed by atoms with E-state index >= 15 is 0 Å². The van der Waals surface area contributed by atoms with Crippen molar-refractivity contribution >= 4 is 32.6 Å². The first kappa shape index (κ1) is 13.9. The quantitative estimate of drug-likeness (QED) is 0.525. The second-order valence-electron chi connectivity index (χ2n) is 5.11. The van der Waals surface area contributed by atoms with Crippen molar-refractivity contribution in [2.45, 2.75) is 13.8 Å². The van der Waals surface area contributed by atoms with Gasteiger partial charge in [-0.1, -0.05) is 28.1 Å². The van der Waals surface area contributed by atoms with Crippen LogP contribution in [-0.4, -0.2) is 0 Å². The lowest BCUT2D eigenvalue weighted by molar-refractivity contribution is 0.561. The van der Waals surface area contributed by atoms with Gasteiger partial charge in [-0.05, 0) is 48.7 Å². The molecule has 0 bridgehead atoms. The molecule has 0 amide bonds.